The van der Waals surface area contributed by atoms with Crippen LogP contribution in [0.25, 0.3) is 0 Å². The molecule has 0 aliphatic heterocycles. The molecule has 2 unspecified atom stereocenters. The Hall–Kier alpha value is -0.250. The summed E-state index contributed by atoms with van der Waals surface area (Å²) >= 11 is 0. The molecular weight excluding hydrogens is 181 g/mol. The van der Waals surface area contributed by atoms with Gasteiger partial charge in [0, 0.05) is 0 Å². The zero-order valence-electron chi connectivity index (χ0n) is 7.90. The second-order valence-electron chi connectivity index (χ2n) is 3.80. The third-order valence-electron chi connectivity index (χ3n) is 2.32. The van der Waals surface area contributed by atoms with Gasteiger partial charge >= 0.3 is 6.18 Å². The van der Waals surface area contributed by atoms with Crippen LogP contribution in [-0.4, -0.2) is 18.4 Å². The first-order valence-electron chi connectivity index (χ1n) is 4.63. The van der Waals surface area contributed by atoms with Gasteiger partial charge < -0.3 is 4.74 Å². The first-order valence-corrected chi connectivity index (χ1v) is 4.63. The third kappa shape index (κ3) is 2.86. The van der Waals surface area contributed by atoms with Gasteiger partial charge in [-0.15, -0.1) is 0 Å². The number of hydrogen-bond acceptors (Lipinski definition) is 1. The Kier molecular flexibility index (Phi) is 3.22. The van der Waals surface area contributed by atoms with E-state index in [2.05, 4.69) is 0 Å². The molecule has 1 rings (SSSR count). The van der Waals surface area contributed by atoms with E-state index in [4.69, 9.17) is 4.74 Å². The lowest BCUT2D eigenvalue weighted by molar-refractivity contribution is -0.203. The lowest BCUT2D eigenvalue weighted by atomic mass is 10.1. The first kappa shape index (κ1) is 10.8. The summed E-state index contributed by atoms with van der Waals surface area (Å²) < 4.78 is 42.4. The molecule has 0 aromatic carbocycles. The molecule has 1 fully saturated rings. The van der Waals surface area contributed by atoms with E-state index in [-0.39, 0.29) is 12.5 Å². The number of alkyl halides is 3. The van der Waals surface area contributed by atoms with Crippen LogP contribution in [0.2, 0.25) is 0 Å². The maximum atomic E-state index is 12.4. The second kappa shape index (κ2) is 3.86. The standard InChI is InChI=1S/C9H15F3O/c1-6(2)13-8-5-3-4-7(8)9(10,11)12/h6-8H,3-5H2,1-2H3. The van der Waals surface area contributed by atoms with E-state index in [0.29, 0.717) is 12.8 Å². The van der Waals surface area contributed by atoms with Crippen molar-refractivity contribution in [3.63, 3.8) is 0 Å². The fourth-order valence-electron chi connectivity index (χ4n) is 1.81. The molecule has 0 spiro atoms. The Morgan fingerprint density at radius 2 is 1.85 bits per heavy atom. The summed E-state index contributed by atoms with van der Waals surface area (Å²) in [7, 11) is 0. The van der Waals surface area contributed by atoms with Crippen molar-refractivity contribution in [2.24, 2.45) is 5.92 Å². The second-order valence-corrected chi connectivity index (χ2v) is 3.80. The topological polar surface area (TPSA) is 9.23 Å². The number of ether oxygens (including phenoxy) is 1. The smallest absolute Gasteiger partial charge is 0.375 e. The number of halogens is 3. The maximum absolute atomic E-state index is 12.4. The summed E-state index contributed by atoms with van der Waals surface area (Å²) in [6.45, 7) is 3.54. The minimum Gasteiger partial charge on any atom is -0.375 e. The molecule has 2 atom stereocenters. The Bertz CT molecular complexity index is 165. The van der Waals surface area contributed by atoms with Crippen LogP contribution >= 0.6 is 0 Å². The Morgan fingerprint density at radius 3 is 2.31 bits per heavy atom. The largest absolute Gasteiger partial charge is 0.394 e. The van der Waals surface area contributed by atoms with Crippen molar-refractivity contribution in [1.82, 2.24) is 0 Å². The normalized spacial score (nSPS) is 30.0. The molecule has 4 heteroatoms. The van der Waals surface area contributed by atoms with E-state index in [0.717, 1.165) is 0 Å². The molecule has 13 heavy (non-hydrogen) atoms. The predicted molar refractivity (Wildman–Crippen MR) is 43.4 cm³/mol. The van der Waals surface area contributed by atoms with Crippen LogP contribution in [0.4, 0.5) is 13.2 Å². The van der Waals surface area contributed by atoms with Gasteiger partial charge in [-0.25, -0.2) is 0 Å². The zero-order chi connectivity index (χ0) is 10.1. The third-order valence-corrected chi connectivity index (χ3v) is 2.32. The van der Waals surface area contributed by atoms with E-state index >= 15 is 0 Å². The van der Waals surface area contributed by atoms with Gasteiger partial charge in [0.25, 0.3) is 0 Å². The monoisotopic (exact) mass is 196 g/mol. The van der Waals surface area contributed by atoms with E-state index in [9.17, 15) is 13.2 Å². The van der Waals surface area contributed by atoms with Gasteiger partial charge in [-0.05, 0) is 26.7 Å². The van der Waals surface area contributed by atoms with Crippen molar-refractivity contribution in [3.8, 4) is 0 Å². The average Bonchev–Trinajstić information content (AvgIpc) is 2.31. The van der Waals surface area contributed by atoms with E-state index in [1.54, 1.807) is 13.8 Å². The first-order chi connectivity index (χ1) is 5.91. The van der Waals surface area contributed by atoms with Crippen molar-refractivity contribution in [1.29, 1.82) is 0 Å². The molecule has 0 aromatic rings. The molecule has 0 radical (unpaired) electrons. The molecule has 0 amide bonds. The molecule has 0 bridgehead atoms. The van der Waals surface area contributed by atoms with Gasteiger partial charge in [0.05, 0.1) is 18.1 Å². The van der Waals surface area contributed by atoms with Crippen molar-refractivity contribution in [3.05, 3.63) is 0 Å². The molecule has 0 heterocycles. The lowest BCUT2D eigenvalue weighted by Crippen LogP contribution is -2.33. The highest BCUT2D eigenvalue weighted by Gasteiger charge is 2.47. The summed E-state index contributed by atoms with van der Waals surface area (Å²) in [5, 5.41) is 0. The summed E-state index contributed by atoms with van der Waals surface area (Å²) in [5.41, 5.74) is 0. The van der Waals surface area contributed by atoms with Crippen LogP contribution in [0, 0.1) is 5.92 Å². The zero-order valence-corrected chi connectivity index (χ0v) is 7.90. The van der Waals surface area contributed by atoms with Crippen molar-refractivity contribution < 1.29 is 17.9 Å². The van der Waals surface area contributed by atoms with E-state index in [1.807, 2.05) is 0 Å². The van der Waals surface area contributed by atoms with Gasteiger partial charge in [0.1, 0.15) is 0 Å². The molecule has 0 saturated heterocycles. The molecule has 1 saturated carbocycles. The Balaban J connectivity index is 2.54. The van der Waals surface area contributed by atoms with Crippen molar-refractivity contribution in [2.75, 3.05) is 0 Å². The summed E-state index contributed by atoms with van der Waals surface area (Å²) in [6.07, 6.45) is -3.42. The predicted octanol–water partition coefficient (Wildman–Crippen LogP) is 3.14. The van der Waals surface area contributed by atoms with Crippen LogP contribution in [-0.2, 0) is 4.74 Å². The molecule has 1 aliphatic carbocycles. The van der Waals surface area contributed by atoms with Gasteiger partial charge in [-0.3, -0.25) is 0 Å². The molecule has 0 N–H and O–H groups in total. The van der Waals surface area contributed by atoms with Crippen LogP contribution < -0.4 is 0 Å². The molecule has 0 aromatic heterocycles. The van der Waals surface area contributed by atoms with Gasteiger partial charge in [0.15, 0.2) is 0 Å². The minimum absolute atomic E-state index is 0.118. The number of rotatable bonds is 2. The summed E-state index contributed by atoms with van der Waals surface area (Å²) in [6, 6.07) is 0. The molecule has 1 nitrogen and oxygen atoms in total. The fraction of sp³-hybridized carbons (Fsp3) is 1.00. The van der Waals surface area contributed by atoms with Crippen LogP contribution in [0.3, 0.4) is 0 Å². The van der Waals surface area contributed by atoms with Crippen molar-refractivity contribution in [2.45, 2.75) is 51.5 Å². The number of hydrogen-bond donors (Lipinski definition) is 0. The van der Waals surface area contributed by atoms with Crippen LogP contribution in [0.15, 0.2) is 0 Å². The molecule has 78 valence electrons. The van der Waals surface area contributed by atoms with Gasteiger partial charge in [0.2, 0.25) is 0 Å². The lowest BCUT2D eigenvalue weighted by Gasteiger charge is -2.24. The average molecular weight is 196 g/mol. The SMILES string of the molecule is CC(C)OC1CCCC1C(F)(F)F. The van der Waals surface area contributed by atoms with Gasteiger partial charge in [-0.2, -0.15) is 13.2 Å². The maximum Gasteiger partial charge on any atom is 0.394 e. The van der Waals surface area contributed by atoms with E-state index < -0.39 is 18.2 Å². The quantitative estimate of drug-likeness (QED) is 0.659. The fourth-order valence-corrected chi connectivity index (χ4v) is 1.81. The van der Waals surface area contributed by atoms with Gasteiger partial charge in [-0.1, -0.05) is 6.42 Å². The molecular formula is C9H15F3O. The highest BCUT2D eigenvalue weighted by Crippen LogP contribution is 2.40. The summed E-state index contributed by atoms with van der Waals surface area (Å²) in [5.74, 6) is -1.24. The van der Waals surface area contributed by atoms with Crippen molar-refractivity contribution >= 4 is 0 Å². The highest BCUT2D eigenvalue weighted by atomic mass is 19.4. The minimum atomic E-state index is -4.09. The molecule has 1 aliphatic rings. The van der Waals surface area contributed by atoms with Crippen LogP contribution in [0.5, 0.6) is 0 Å². The summed E-state index contributed by atoms with van der Waals surface area (Å²) in [4.78, 5) is 0. The van der Waals surface area contributed by atoms with E-state index in [1.165, 1.54) is 0 Å². The van der Waals surface area contributed by atoms with Crippen LogP contribution in [0.1, 0.15) is 33.1 Å². The highest BCUT2D eigenvalue weighted by molar-refractivity contribution is 4.83. The Labute approximate surface area is 76.3 Å². The Morgan fingerprint density at radius 1 is 1.23 bits per heavy atom.